The maximum atomic E-state index is 10.8. The highest BCUT2D eigenvalue weighted by molar-refractivity contribution is 7.80. The standard InChI is InChI=1S/C12H20OS.CH5N/c1-9(3-4-10(2)13)11-5-7-12(14)8-6-11;1-2/h11-12,14H,1,3-8H2,2H3;2H2,1H3. The van der Waals surface area contributed by atoms with Crippen molar-refractivity contribution in [3.8, 4) is 0 Å². The average molecular weight is 243 g/mol. The van der Waals surface area contributed by atoms with E-state index in [0.717, 1.165) is 6.42 Å². The first-order valence-corrected chi connectivity index (χ1v) is 6.54. The van der Waals surface area contributed by atoms with Crippen molar-refractivity contribution in [1.82, 2.24) is 0 Å². The molecular formula is C13H25NOS. The van der Waals surface area contributed by atoms with E-state index < -0.39 is 0 Å². The first kappa shape index (κ1) is 15.7. The number of allylic oxidation sites excluding steroid dienone is 1. The fourth-order valence-corrected chi connectivity index (χ4v) is 2.32. The third kappa shape index (κ3) is 6.33. The van der Waals surface area contributed by atoms with Gasteiger partial charge in [-0.05, 0) is 52.0 Å². The van der Waals surface area contributed by atoms with Gasteiger partial charge in [-0.15, -0.1) is 0 Å². The fourth-order valence-electron chi connectivity index (χ4n) is 2.02. The van der Waals surface area contributed by atoms with Gasteiger partial charge < -0.3 is 10.5 Å². The van der Waals surface area contributed by atoms with Gasteiger partial charge in [0.2, 0.25) is 0 Å². The van der Waals surface area contributed by atoms with E-state index >= 15 is 0 Å². The molecule has 2 nitrogen and oxygen atoms in total. The molecule has 0 aromatic heterocycles. The van der Waals surface area contributed by atoms with Crippen LogP contribution in [-0.2, 0) is 4.79 Å². The summed E-state index contributed by atoms with van der Waals surface area (Å²) in [7, 11) is 1.50. The van der Waals surface area contributed by atoms with E-state index in [-0.39, 0.29) is 5.78 Å². The van der Waals surface area contributed by atoms with E-state index in [1.54, 1.807) is 6.92 Å². The van der Waals surface area contributed by atoms with Crippen LogP contribution in [0.5, 0.6) is 0 Å². The van der Waals surface area contributed by atoms with Crippen LogP contribution in [-0.4, -0.2) is 18.1 Å². The van der Waals surface area contributed by atoms with Crippen LogP contribution in [0.4, 0.5) is 0 Å². The van der Waals surface area contributed by atoms with Crippen molar-refractivity contribution >= 4 is 18.4 Å². The van der Waals surface area contributed by atoms with Crippen molar-refractivity contribution in [3.05, 3.63) is 12.2 Å². The number of hydrogen-bond acceptors (Lipinski definition) is 3. The molecule has 94 valence electrons. The molecule has 0 aromatic carbocycles. The zero-order chi connectivity index (χ0) is 12.6. The summed E-state index contributed by atoms with van der Waals surface area (Å²) < 4.78 is 0. The third-order valence-electron chi connectivity index (χ3n) is 3.07. The Hall–Kier alpha value is -0.280. The molecule has 0 aliphatic heterocycles. The molecule has 16 heavy (non-hydrogen) atoms. The highest BCUT2D eigenvalue weighted by Gasteiger charge is 2.20. The van der Waals surface area contributed by atoms with Crippen molar-refractivity contribution in [1.29, 1.82) is 0 Å². The molecular weight excluding hydrogens is 218 g/mol. The highest BCUT2D eigenvalue weighted by Crippen LogP contribution is 2.33. The molecule has 0 aromatic rings. The molecule has 1 aliphatic carbocycles. The summed E-state index contributed by atoms with van der Waals surface area (Å²) in [5.41, 5.74) is 5.78. The van der Waals surface area contributed by atoms with Crippen molar-refractivity contribution < 1.29 is 4.79 Å². The molecule has 0 heterocycles. The summed E-state index contributed by atoms with van der Waals surface area (Å²) in [6.45, 7) is 5.75. The first-order valence-electron chi connectivity index (χ1n) is 6.02. The van der Waals surface area contributed by atoms with Crippen LogP contribution < -0.4 is 5.73 Å². The van der Waals surface area contributed by atoms with Crippen molar-refractivity contribution in [2.75, 3.05) is 7.05 Å². The van der Waals surface area contributed by atoms with Crippen LogP contribution in [0.3, 0.4) is 0 Å². The summed E-state index contributed by atoms with van der Waals surface area (Å²) in [6, 6.07) is 0. The molecule has 0 amide bonds. The summed E-state index contributed by atoms with van der Waals surface area (Å²) >= 11 is 4.47. The van der Waals surface area contributed by atoms with E-state index in [4.69, 9.17) is 0 Å². The molecule has 3 heteroatoms. The summed E-state index contributed by atoms with van der Waals surface area (Å²) in [5, 5.41) is 0.590. The summed E-state index contributed by atoms with van der Waals surface area (Å²) in [4.78, 5) is 10.8. The Morgan fingerprint density at radius 1 is 1.25 bits per heavy atom. The molecule has 0 saturated heterocycles. The number of carbonyl (C=O) groups is 1. The van der Waals surface area contributed by atoms with Gasteiger partial charge in [-0.25, -0.2) is 0 Å². The first-order chi connectivity index (χ1) is 7.59. The Bertz CT molecular complexity index is 220. The third-order valence-corrected chi connectivity index (χ3v) is 3.59. The lowest BCUT2D eigenvalue weighted by atomic mass is 9.82. The molecule has 0 atom stereocenters. The number of thiol groups is 1. The van der Waals surface area contributed by atoms with Crippen molar-refractivity contribution in [2.45, 2.75) is 50.7 Å². The minimum atomic E-state index is 0.272. The Kier molecular flexibility index (Phi) is 8.67. The monoisotopic (exact) mass is 243 g/mol. The van der Waals surface area contributed by atoms with Crippen LogP contribution in [0, 0.1) is 5.92 Å². The Labute approximate surface area is 105 Å². The van der Waals surface area contributed by atoms with Crippen LogP contribution in [0.1, 0.15) is 45.4 Å². The summed E-state index contributed by atoms with van der Waals surface area (Å²) in [6.07, 6.45) is 6.38. The smallest absolute Gasteiger partial charge is 0.130 e. The zero-order valence-electron chi connectivity index (χ0n) is 10.5. The molecule has 0 unspecified atom stereocenters. The second-order valence-corrected chi connectivity index (χ2v) is 5.10. The van der Waals surface area contributed by atoms with E-state index in [0.29, 0.717) is 17.6 Å². The number of rotatable bonds is 4. The molecule has 1 aliphatic rings. The Morgan fingerprint density at radius 3 is 2.19 bits per heavy atom. The van der Waals surface area contributed by atoms with Gasteiger partial charge >= 0.3 is 0 Å². The van der Waals surface area contributed by atoms with Crippen LogP contribution in [0.15, 0.2) is 12.2 Å². The molecule has 1 rings (SSSR count). The topological polar surface area (TPSA) is 43.1 Å². The number of carbonyl (C=O) groups excluding carboxylic acids is 1. The Morgan fingerprint density at radius 2 is 1.75 bits per heavy atom. The summed E-state index contributed by atoms with van der Waals surface area (Å²) in [5.74, 6) is 0.923. The minimum Gasteiger partial charge on any atom is -0.333 e. The lowest BCUT2D eigenvalue weighted by molar-refractivity contribution is -0.117. The van der Waals surface area contributed by atoms with Crippen LogP contribution in [0.2, 0.25) is 0 Å². The van der Waals surface area contributed by atoms with Gasteiger partial charge in [0.25, 0.3) is 0 Å². The second-order valence-electron chi connectivity index (χ2n) is 4.37. The van der Waals surface area contributed by atoms with Gasteiger partial charge in [0.05, 0.1) is 0 Å². The normalized spacial score (nSPS) is 24.2. The minimum absolute atomic E-state index is 0.272. The maximum Gasteiger partial charge on any atom is 0.130 e. The SMILES string of the molecule is C=C(CCC(C)=O)C1CCC(S)CC1.CN. The molecule has 0 radical (unpaired) electrons. The van der Waals surface area contributed by atoms with Crippen molar-refractivity contribution in [3.63, 3.8) is 0 Å². The number of Topliss-reactive ketones (excluding diaryl/α,β-unsaturated/α-hetero) is 1. The van der Waals surface area contributed by atoms with E-state index in [1.165, 1.54) is 38.3 Å². The van der Waals surface area contributed by atoms with Gasteiger partial charge in [-0.2, -0.15) is 12.6 Å². The quantitative estimate of drug-likeness (QED) is 0.589. The molecule has 2 N–H and O–H groups in total. The molecule has 1 fully saturated rings. The molecule has 1 saturated carbocycles. The zero-order valence-corrected chi connectivity index (χ0v) is 11.4. The molecule has 0 spiro atoms. The Balaban J connectivity index is 0.00000106. The number of ketones is 1. The van der Waals surface area contributed by atoms with Gasteiger partial charge in [0.15, 0.2) is 0 Å². The largest absolute Gasteiger partial charge is 0.333 e. The molecule has 0 bridgehead atoms. The predicted molar refractivity (Wildman–Crippen MR) is 73.9 cm³/mol. The van der Waals surface area contributed by atoms with Crippen LogP contribution >= 0.6 is 12.6 Å². The van der Waals surface area contributed by atoms with Gasteiger partial charge in [0.1, 0.15) is 5.78 Å². The lowest BCUT2D eigenvalue weighted by Gasteiger charge is -2.27. The maximum absolute atomic E-state index is 10.8. The van der Waals surface area contributed by atoms with E-state index in [9.17, 15) is 4.79 Å². The van der Waals surface area contributed by atoms with Gasteiger partial charge in [0, 0.05) is 11.7 Å². The lowest BCUT2D eigenvalue weighted by Crippen LogP contribution is -2.16. The van der Waals surface area contributed by atoms with E-state index in [1.807, 2.05) is 0 Å². The van der Waals surface area contributed by atoms with Crippen molar-refractivity contribution in [2.24, 2.45) is 11.7 Å². The van der Waals surface area contributed by atoms with Gasteiger partial charge in [-0.1, -0.05) is 12.2 Å². The number of nitrogens with two attached hydrogens (primary N) is 1. The average Bonchev–Trinajstić information content (AvgIpc) is 2.29. The fraction of sp³-hybridized carbons (Fsp3) is 0.769. The second kappa shape index (κ2) is 8.82. The number of hydrogen-bond donors (Lipinski definition) is 2. The highest BCUT2D eigenvalue weighted by atomic mass is 32.1. The van der Waals surface area contributed by atoms with Gasteiger partial charge in [-0.3, -0.25) is 0 Å². The van der Waals surface area contributed by atoms with E-state index in [2.05, 4.69) is 24.9 Å². The predicted octanol–water partition coefficient (Wildman–Crippen LogP) is 2.98. The van der Waals surface area contributed by atoms with Crippen LogP contribution in [0.25, 0.3) is 0 Å².